The molecule has 0 bridgehead atoms. The van der Waals surface area contributed by atoms with Crippen molar-refractivity contribution in [2.24, 2.45) is 5.73 Å². The van der Waals surface area contributed by atoms with Crippen LogP contribution in [0.5, 0.6) is 0 Å². The van der Waals surface area contributed by atoms with Crippen LogP contribution in [-0.4, -0.2) is 28.9 Å². The fourth-order valence-electron chi connectivity index (χ4n) is 1.79. The molecule has 0 aromatic rings. The lowest BCUT2D eigenvalue weighted by atomic mass is 9.95. The molecule has 0 aliphatic rings. The maximum Gasteiger partial charge on any atom is 0.242 e. The minimum atomic E-state index is -0.700. The molecular weight excluding hydrogens is 188 g/mol. The number of amides is 1. The van der Waals surface area contributed by atoms with Crippen LogP contribution >= 0.6 is 0 Å². The SMILES string of the molecule is CCCN(C(=O)C(C)(N)CCC)C(C)C. The third-order valence-corrected chi connectivity index (χ3v) is 2.61. The molecule has 1 amide bonds. The van der Waals surface area contributed by atoms with Crippen molar-refractivity contribution >= 4 is 5.91 Å². The topological polar surface area (TPSA) is 46.3 Å². The van der Waals surface area contributed by atoms with E-state index in [1.807, 2.05) is 25.7 Å². The van der Waals surface area contributed by atoms with E-state index in [2.05, 4.69) is 13.8 Å². The average Bonchev–Trinajstić information content (AvgIpc) is 2.12. The van der Waals surface area contributed by atoms with Crippen molar-refractivity contribution < 1.29 is 4.79 Å². The number of rotatable bonds is 6. The molecule has 1 atom stereocenters. The van der Waals surface area contributed by atoms with Crippen LogP contribution in [0.2, 0.25) is 0 Å². The largest absolute Gasteiger partial charge is 0.339 e. The van der Waals surface area contributed by atoms with Gasteiger partial charge in [-0.05, 0) is 33.6 Å². The van der Waals surface area contributed by atoms with Crippen LogP contribution in [0.25, 0.3) is 0 Å². The van der Waals surface area contributed by atoms with E-state index in [1.165, 1.54) is 0 Å². The van der Waals surface area contributed by atoms with Gasteiger partial charge in [-0.1, -0.05) is 20.3 Å². The number of carbonyl (C=O) groups is 1. The highest BCUT2D eigenvalue weighted by atomic mass is 16.2. The number of carbonyl (C=O) groups excluding carboxylic acids is 1. The molecule has 0 saturated heterocycles. The standard InChI is InChI=1S/C12H26N2O/c1-6-8-12(5,13)11(15)14(9-7-2)10(3)4/h10H,6-9,13H2,1-5H3. The van der Waals surface area contributed by atoms with Crippen molar-refractivity contribution in [3.05, 3.63) is 0 Å². The van der Waals surface area contributed by atoms with Crippen LogP contribution < -0.4 is 5.73 Å². The summed E-state index contributed by atoms with van der Waals surface area (Å²) < 4.78 is 0. The van der Waals surface area contributed by atoms with Crippen LogP contribution in [-0.2, 0) is 4.79 Å². The van der Waals surface area contributed by atoms with E-state index in [0.29, 0.717) is 0 Å². The fraction of sp³-hybridized carbons (Fsp3) is 0.917. The summed E-state index contributed by atoms with van der Waals surface area (Å²) >= 11 is 0. The minimum Gasteiger partial charge on any atom is -0.339 e. The lowest BCUT2D eigenvalue weighted by Gasteiger charge is -2.34. The van der Waals surface area contributed by atoms with Crippen LogP contribution in [0.4, 0.5) is 0 Å². The normalized spacial score (nSPS) is 15.1. The number of nitrogens with two attached hydrogens (primary N) is 1. The fourth-order valence-corrected chi connectivity index (χ4v) is 1.79. The molecule has 0 aromatic carbocycles. The highest BCUT2D eigenvalue weighted by Crippen LogP contribution is 2.15. The molecular formula is C12H26N2O. The maximum absolute atomic E-state index is 12.2. The van der Waals surface area contributed by atoms with E-state index in [4.69, 9.17) is 5.73 Å². The summed E-state index contributed by atoms with van der Waals surface area (Å²) in [6.45, 7) is 10.8. The van der Waals surface area contributed by atoms with E-state index < -0.39 is 5.54 Å². The van der Waals surface area contributed by atoms with Crippen molar-refractivity contribution in [2.75, 3.05) is 6.54 Å². The Morgan fingerprint density at radius 2 is 1.87 bits per heavy atom. The Hall–Kier alpha value is -0.570. The molecule has 0 spiro atoms. The van der Waals surface area contributed by atoms with Crippen LogP contribution in [0.15, 0.2) is 0 Å². The van der Waals surface area contributed by atoms with Gasteiger partial charge in [0.2, 0.25) is 5.91 Å². The van der Waals surface area contributed by atoms with Gasteiger partial charge in [0.25, 0.3) is 0 Å². The molecule has 3 nitrogen and oxygen atoms in total. The molecule has 0 saturated carbocycles. The van der Waals surface area contributed by atoms with Gasteiger partial charge in [-0.15, -0.1) is 0 Å². The zero-order chi connectivity index (χ0) is 12.1. The van der Waals surface area contributed by atoms with Gasteiger partial charge in [0, 0.05) is 12.6 Å². The molecule has 2 N–H and O–H groups in total. The van der Waals surface area contributed by atoms with Crippen LogP contribution in [0.3, 0.4) is 0 Å². The van der Waals surface area contributed by atoms with E-state index in [1.54, 1.807) is 0 Å². The van der Waals surface area contributed by atoms with Gasteiger partial charge < -0.3 is 10.6 Å². The first kappa shape index (κ1) is 14.4. The maximum atomic E-state index is 12.2. The quantitative estimate of drug-likeness (QED) is 0.736. The third kappa shape index (κ3) is 4.20. The van der Waals surface area contributed by atoms with Gasteiger partial charge in [-0.3, -0.25) is 4.79 Å². The molecule has 0 heterocycles. The van der Waals surface area contributed by atoms with Gasteiger partial charge in [-0.25, -0.2) is 0 Å². The molecule has 1 unspecified atom stereocenters. The molecule has 0 aliphatic carbocycles. The predicted molar refractivity (Wildman–Crippen MR) is 64.6 cm³/mol. The minimum absolute atomic E-state index is 0.0844. The Labute approximate surface area is 94.0 Å². The molecule has 0 radical (unpaired) electrons. The zero-order valence-corrected chi connectivity index (χ0v) is 10.8. The number of hydrogen-bond acceptors (Lipinski definition) is 2. The predicted octanol–water partition coefficient (Wildman–Crippen LogP) is 2.15. The molecule has 0 aliphatic heterocycles. The molecule has 0 rings (SSSR count). The smallest absolute Gasteiger partial charge is 0.242 e. The van der Waals surface area contributed by atoms with Gasteiger partial charge in [-0.2, -0.15) is 0 Å². The second-order valence-corrected chi connectivity index (χ2v) is 4.76. The summed E-state index contributed by atoms with van der Waals surface area (Å²) in [5.41, 5.74) is 5.35. The average molecular weight is 214 g/mol. The molecule has 0 fully saturated rings. The van der Waals surface area contributed by atoms with Gasteiger partial charge in [0.1, 0.15) is 0 Å². The molecule has 3 heteroatoms. The summed E-state index contributed by atoms with van der Waals surface area (Å²) in [6.07, 6.45) is 2.67. The first-order valence-electron chi connectivity index (χ1n) is 5.96. The van der Waals surface area contributed by atoms with Crippen molar-refractivity contribution in [3.63, 3.8) is 0 Å². The van der Waals surface area contributed by atoms with E-state index in [0.717, 1.165) is 25.8 Å². The Balaban J connectivity index is 4.61. The van der Waals surface area contributed by atoms with E-state index in [9.17, 15) is 4.79 Å². The Bertz CT molecular complexity index is 200. The summed E-state index contributed by atoms with van der Waals surface area (Å²) in [5.74, 6) is 0.0844. The Morgan fingerprint density at radius 1 is 1.33 bits per heavy atom. The Kier molecular flexibility index (Phi) is 5.88. The lowest BCUT2D eigenvalue weighted by molar-refractivity contribution is -0.138. The number of hydrogen-bond donors (Lipinski definition) is 1. The molecule has 0 aromatic heterocycles. The van der Waals surface area contributed by atoms with Crippen LogP contribution in [0, 0.1) is 0 Å². The second kappa shape index (κ2) is 6.11. The first-order valence-corrected chi connectivity index (χ1v) is 5.96. The monoisotopic (exact) mass is 214 g/mol. The number of nitrogens with zero attached hydrogens (tertiary/aromatic N) is 1. The molecule has 15 heavy (non-hydrogen) atoms. The van der Waals surface area contributed by atoms with Crippen molar-refractivity contribution in [1.29, 1.82) is 0 Å². The highest BCUT2D eigenvalue weighted by molar-refractivity contribution is 5.85. The van der Waals surface area contributed by atoms with E-state index in [-0.39, 0.29) is 11.9 Å². The van der Waals surface area contributed by atoms with Crippen molar-refractivity contribution in [1.82, 2.24) is 4.90 Å². The van der Waals surface area contributed by atoms with Crippen molar-refractivity contribution in [3.8, 4) is 0 Å². The van der Waals surface area contributed by atoms with Crippen LogP contribution in [0.1, 0.15) is 53.9 Å². The Morgan fingerprint density at radius 3 is 2.20 bits per heavy atom. The summed E-state index contributed by atoms with van der Waals surface area (Å²) in [4.78, 5) is 14.1. The summed E-state index contributed by atoms with van der Waals surface area (Å²) in [7, 11) is 0. The van der Waals surface area contributed by atoms with Crippen molar-refractivity contribution in [2.45, 2.75) is 65.5 Å². The van der Waals surface area contributed by atoms with Gasteiger partial charge in [0.05, 0.1) is 5.54 Å². The summed E-state index contributed by atoms with van der Waals surface area (Å²) in [6, 6.07) is 0.234. The first-order chi connectivity index (χ1) is 6.86. The summed E-state index contributed by atoms with van der Waals surface area (Å²) in [5, 5.41) is 0. The van der Waals surface area contributed by atoms with Gasteiger partial charge >= 0.3 is 0 Å². The van der Waals surface area contributed by atoms with E-state index >= 15 is 0 Å². The lowest BCUT2D eigenvalue weighted by Crippen LogP contribution is -2.55. The molecule has 90 valence electrons. The highest BCUT2D eigenvalue weighted by Gasteiger charge is 2.32. The second-order valence-electron chi connectivity index (χ2n) is 4.76. The third-order valence-electron chi connectivity index (χ3n) is 2.61. The van der Waals surface area contributed by atoms with Gasteiger partial charge in [0.15, 0.2) is 0 Å². The zero-order valence-electron chi connectivity index (χ0n) is 10.8.